The van der Waals surface area contributed by atoms with Crippen LogP contribution in [0.25, 0.3) is 22.2 Å². The summed E-state index contributed by atoms with van der Waals surface area (Å²) in [5, 5.41) is 2.04. The summed E-state index contributed by atoms with van der Waals surface area (Å²) in [6.45, 7) is 7.03. The molecule has 1 N–H and O–H groups in total. The van der Waals surface area contributed by atoms with Crippen molar-refractivity contribution in [2.75, 3.05) is 5.38 Å². The molecule has 5 aromatic rings. The predicted octanol–water partition coefficient (Wildman–Crippen LogP) is 6.37. The third kappa shape index (κ3) is 6.86. The fourth-order valence-electron chi connectivity index (χ4n) is 5.03. The number of imidazole rings is 1. The summed E-state index contributed by atoms with van der Waals surface area (Å²) in [5.41, 5.74) is 5.92. The molecule has 41 heavy (non-hydrogen) atoms. The van der Waals surface area contributed by atoms with Gasteiger partial charge in [-0.15, -0.1) is 0 Å². The average Bonchev–Trinajstić information content (AvgIpc) is 3.58. The first-order valence-electron chi connectivity index (χ1n) is 13.9. The minimum absolute atomic E-state index is 0.0588. The Kier molecular flexibility index (Phi) is 8.58. The highest BCUT2D eigenvalue weighted by Gasteiger charge is 2.33. The molecule has 0 radical (unpaired) electrons. The highest BCUT2D eigenvalue weighted by Crippen LogP contribution is 2.25. The van der Waals surface area contributed by atoms with E-state index in [2.05, 4.69) is 70.1 Å². The van der Waals surface area contributed by atoms with Gasteiger partial charge in [-0.1, -0.05) is 81.0 Å². The molecule has 5 rings (SSSR count). The number of hydrogen-bond donors (Lipinski definition) is 1. The summed E-state index contributed by atoms with van der Waals surface area (Å²) in [6.07, 6.45) is 3.21. The quantitative estimate of drug-likeness (QED) is 0.178. The Bertz CT molecular complexity index is 1760. The van der Waals surface area contributed by atoms with Crippen LogP contribution in [0.15, 0.2) is 90.3 Å². The van der Waals surface area contributed by atoms with E-state index < -0.39 is 24.0 Å². The summed E-state index contributed by atoms with van der Waals surface area (Å²) in [5.74, 6) is 0.533. The molecule has 0 unspecified atom stereocenters. The summed E-state index contributed by atoms with van der Waals surface area (Å²) >= 11 is 1.60. The fraction of sp³-hybridized carbons (Fsp3) is 0.250. The number of nitrogens with one attached hydrogen (secondary N) is 1. The van der Waals surface area contributed by atoms with E-state index in [0.717, 1.165) is 58.3 Å². The van der Waals surface area contributed by atoms with Gasteiger partial charge in [0.15, 0.2) is 0 Å². The Labute approximate surface area is 247 Å². The van der Waals surface area contributed by atoms with Gasteiger partial charge in [0.1, 0.15) is 13.9 Å². The number of benzene rings is 3. The van der Waals surface area contributed by atoms with Gasteiger partial charge in [-0.05, 0) is 63.3 Å². The SMILES string of the molecule is CCCCc1nc2ccccc2n1Cc1ccc(-c2csc([Si](C)(C)CS(=O)(=O)NC(=O)c3ccccc3)c2)cc1. The lowest BCUT2D eigenvalue weighted by molar-refractivity contribution is 0.0981. The molecule has 3 aromatic carbocycles. The molecule has 0 fully saturated rings. The maximum atomic E-state index is 12.9. The molecular weight excluding hydrogens is 567 g/mol. The van der Waals surface area contributed by atoms with Crippen molar-refractivity contribution in [1.29, 1.82) is 0 Å². The highest BCUT2D eigenvalue weighted by molar-refractivity contribution is 7.92. The predicted molar refractivity (Wildman–Crippen MR) is 172 cm³/mol. The van der Waals surface area contributed by atoms with E-state index in [1.807, 2.05) is 19.2 Å². The lowest BCUT2D eigenvalue weighted by Crippen LogP contribution is -2.50. The number of unbranched alkanes of at least 4 members (excludes halogenated alkanes) is 1. The fourth-order valence-corrected chi connectivity index (χ4v) is 13.3. The maximum absolute atomic E-state index is 12.9. The van der Waals surface area contributed by atoms with Crippen LogP contribution in [0, 0.1) is 0 Å². The normalized spacial score (nSPS) is 12.1. The number of amides is 1. The Hall–Kier alpha value is -3.53. The van der Waals surface area contributed by atoms with Crippen LogP contribution in [-0.4, -0.2) is 37.3 Å². The van der Waals surface area contributed by atoms with E-state index in [4.69, 9.17) is 4.98 Å². The second kappa shape index (κ2) is 12.1. The molecule has 0 spiro atoms. The number of rotatable bonds is 11. The van der Waals surface area contributed by atoms with Gasteiger partial charge in [0.25, 0.3) is 5.91 Å². The van der Waals surface area contributed by atoms with Crippen LogP contribution in [0.4, 0.5) is 0 Å². The van der Waals surface area contributed by atoms with Gasteiger partial charge in [-0.2, -0.15) is 11.3 Å². The first-order chi connectivity index (χ1) is 19.6. The molecule has 0 saturated heterocycles. The summed E-state index contributed by atoms with van der Waals surface area (Å²) < 4.78 is 31.5. The van der Waals surface area contributed by atoms with Gasteiger partial charge in [0, 0.05) is 18.5 Å². The van der Waals surface area contributed by atoms with Crippen LogP contribution in [0.3, 0.4) is 0 Å². The maximum Gasteiger partial charge on any atom is 0.264 e. The molecule has 0 aliphatic carbocycles. The van der Waals surface area contributed by atoms with E-state index in [1.54, 1.807) is 41.7 Å². The number of nitrogens with zero attached hydrogens (tertiary/aromatic N) is 2. The molecule has 1 amide bonds. The van der Waals surface area contributed by atoms with Crippen LogP contribution in [0.1, 0.15) is 41.5 Å². The highest BCUT2D eigenvalue weighted by atomic mass is 32.2. The Morgan fingerprint density at radius 1 is 0.951 bits per heavy atom. The van der Waals surface area contributed by atoms with Crippen molar-refractivity contribution in [3.8, 4) is 11.1 Å². The zero-order valence-corrected chi connectivity index (χ0v) is 26.3. The van der Waals surface area contributed by atoms with E-state index in [-0.39, 0.29) is 5.38 Å². The monoisotopic (exact) mass is 601 g/mol. The molecule has 0 aliphatic heterocycles. The second-order valence-electron chi connectivity index (χ2n) is 11.0. The number of carbonyl (C=O) groups is 1. The van der Waals surface area contributed by atoms with E-state index in [1.165, 1.54) is 5.56 Å². The van der Waals surface area contributed by atoms with Gasteiger partial charge in [-0.3, -0.25) is 4.79 Å². The molecule has 212 valence electrons. The van der Waals surface area contributed by atoms with Crippen molar-refractivity contribution in [2.45, 2.75) is 45.8 Å². The summed E-state index contributed by atoms with van der Waals surface area (Å²) in [7, 11) is -6.17. The first kappa shape index (κ1) is 29.0. The summed E-state index contributed by atoms with van der Waals surface area (Å²) in [6, 6.07) is 27.5. The number of fused-ring (bicyclic) bond motifs is 1. The van der Waals surface area contributed by atoms with Crippen molar-refractivity contribution in [2.24, 2.45) is 0 Å². The average molecular weight is 602 g/mol. The zero-order chi connectivity index (χ0) is 29.0. The first-order valence-corrected chi connectivity index (χ1v) is 19.6. The Morgan fingerprint density at radius 2 is 1.66 bits per heavy atom. The minimum atomic E-state index is -3.78. The molecule has 0 aliphatic rings. The van der Waals surface area contributed by atoms with Crippen LogP contribution >= 0.6 is 11.3 Å². The number of thiophene rings is 1. The molecule has 0 atom stereocenters. The molecule has 2 heterocycles. The van der Waals surface area contributed by atoms with Gasteiger partial charge >= 0.3 is 0 Å². The van der Waals surface area contributed by atoms with Crippen molar-refractivity contribution < 1.29 is 13.2 Å². The smallest absolute Gasteiger partial charge is 0.264 e. The largest absolute Gasteiger partial charge is 0.323 e. The van der Waals surface area contributed by atoms with E-state index in [9.17, 15) is 13.2 Å². The number of aryl methyl sites for hydroxylation is 1. The number of sulfonamides is 1. The third-order valence-corrected chi connectivity index (χ3v) is 16.4. The third-order valence-electron chi connectivity index (χ3n) is 7.22. The Balaban J connectivity index is 1.29. The second-order valence-corrected chi connectivity index (χ2v) is 19.2. The number of para-hydroxylation sites is 2. The van der Waals surface area contributed by atoms with Crippen molar-refractivity contribution in [3.05, 3.63) is 107 Å². The van der Waals surface area contributed by atoms with Gasteiger partial charge in [0.2, 0.25) is 10.0 Å². The van der Waals surface area contributed by atoms with Crippen molar-refractivity contribution in [1.82, 2.24) is 14.3 Å². The number of hydrogen-bond acceptors (Lipinski definition) is 5. The van der Waals surface area contributed by atoms with Crippen LogP contribution in [-0.2, 0) is 23.0 Å². The van der Waals surface area contributed by atoms with Crippen LogP contribution < -0.4 is 9.22 Å². The van der Waals surface area contributed by atoms with Crippen LogP contribution in [0.5, 0.6) is 0 Å². The molecule has 9 heteroatoms. The van der Waals surface area contributed by atoms with E-state index in [0.29, 0.717) is 5.56 Å². The summed E-state index contributed by atoms with van der Waals surface area (Å²) in [4.78, 5) is 17.3. The zero-order valence-electron chi connectivity index (χ0n) is 23.6. The standard InChI is InChI=1S/C32H35N3O3S2Si/c1-4-5-15-30-33-28-13-9-10-14-29(28)35(30)21-24-16-18-25(19-17-24)27-20-31(39-22-27)41(2,3)23-40(37,38)34-32(36)26-11-7-6-8-12-26/h6-14,16-20,22H,4-5,15,21,23H2,1-3H3,(H,34,36). The van der Waals surface area contributed by atoms with Gasteiger partial charge < -0.3 is 4.57 Å². The van der Waals surface area contributed by atoms with Crippen molar-refractivity contribution in [3.63, 3.8) is 0 Å². The Morgan fingerprint density at radius 3 is 2.39 bits per heavy atom. The topological polar surface area (TPSA) is 81.1 Å². The molecule has 6 nitrogen and oxygen atoms in total. The number of carbonyl (C=O) groups excluding carboxylic acids is 1. The van der Waals surface area contributed by atoms with Gasteiger partial charge in [-0.25, -0.2) is 18.1 Å². The lowest BCUT2D eigenvalue weighted by atomic mass is 10.1. The van der Waals surface area contributed by atoms with E-state index >= 15 is 0 Å². The molecular formula is C32H35N3O3S2Si. The molecule has 0 bridgehead atoms. The van der Waals surface area contributed by atoms with Crippen molar-refractivity contribution >= 4 is 50.9 Å². The molecule has 2 aromatic heterocycles. The van der Waals surface area contributed by atoms with Gasteiger partial charge in [0.05, 0.1) is 16.4 Å². The lowest BCUT2D eigenvalue weighted by Gasteiger charge is -2.20. The minimum Gasteiger partial charge on any atom is -0.323 e. The van der Waals surface area contributed by atoms with Crippen LogP contribution in [0.2, 0.25) is 13.1 Å². The number of aromatic nitrogens is 2. The molecule has 0 saturated carbocycles.